The van der Waals surface area contributed by atoms with Crippen molar-refractivity contribution in [2.45, 2.75) is 59.0 Å². The van der Waals surface area contributed by atoms with Gasteiger partial charge in [-0.05, 0) is 48.8 Å². The van der Waals surface area contributed by atoms with E-state index in [1.165, 1.54) is 6.07 Å². The van der Waals surface area contributed by atoms with E-state index in [4.69, 9.17) is 4.43 Å². The molecule has 152 valence electrons. The lowest BCUT2D eigenvalue weighted by atomic mass is 10.2. The second-order valence-electron chi connectivity index (χ2n) is 8.27. The maximum absolute atomic E-state index is 13.3. The maximum atomic E-state index is 13.3. The van der Waals surface area contributed by atoms with E-state index in [0.717, 1.165) is 12.1 Å². The Labute approximate surface area is 165 Å². The van der Waals surface area contributed by atoms with Crippen LogP contribution in [-0.2, 0) is 17.6 Å². The summed E-state index contributed by atoms with van der Waals surface area (Å²) in [6, 6.07) is 5.10. The van der Waals surface area contributed by atoms with E-state index in [1.807, 2.05) is 0 Å². The van der Waals surface area contributed by atoms with Crippen molar-refractivity contribution >= 4 is 14.2 Å². The van der Waals surface area contributed by atoms with Gasteiger partial charge in [-0.15, -0.1) is 0 Å². The lowest BCUT2D eigenvalue weighted by molar-refractivity contribution is 0.0945. The minimum Gasteiger partial charge on any atom is -0.411 e. The second kappa shape index (κ2) is 8.44. The molecule has 0 saturated carbocycles. The second-order valence-corrected chi connectivity index (χ2v) is 13.1. The van der Waals surface area contributed by atoms with Crippen LogP contribution in [0.25, 0.3) is 0 Å². The molecule has 2 rings (SSSR count). The SMILES string of the molecule is Cc1nc(CO[Si](C)(C)C(C)(C)C)cc(C(=O)NCc2ccc(F)c(F)c2)n1. The van der Waals surface area contributed by atoms with E-state index in [1.54, 1.807) is 13.0 Å². The van der Waals surface area contributed by atoms with Gasteiger partial charge in [0.25, 0.3) is 5.91 Å². The fourth-order valence-corrected chi connectivity index (χ4v) is 3.15. The quantitative estimate of drug-likeness (QED) is 0.716. The lowest BCUT2D eigenvalue weighted by Gasteiger charge is -2.36. The molecule has 0 aliphatic heterocycles. The number of amides is 1. The Kier molecular flexibility index (Phi) is 6.66. The number of carbonyl (C=O) groups excluding carboxylic acids is 1. The minimum absolute atomic E-state index is 0.0644. The number of hydrogen-bond acceptors (Lipinski definition) is 4. The van der Waals surface area contributed by atoms with Crippen molar-refractivity contribution in [2.24, 2.45) is 0 Å². The number of carbonyl (C=O) groups is 1. The molecule has 1 N–H and O–H groups in total. The molecule has 8 heteroatoms. The number of halogens is 2. The summed E-state index contributed by atoms with van der Waals surface area (Å²) in [7, 11) is -1.95. The molecule has 0 fully saturated rings. The van der Waals surface area contributed by atoms with Gasteiger partial charge in [-0.3, -0.25) is 4.79 Å². The van der Waals surface area contributed by atoms with Crippen molar-refractivity contribution in [3.8, 4) is 0 Å². The first-order valence-electron chi connectivity index (χ1n) is 9.10. The van der Waals surface area contributed by atoms with Gasteiger partial charge in [0.05, 0.1) is 12.3 Å². The van der Waals surface area contributed by atoms with Crippen LogP contribution in [0.2, 0.25) is 18.1 Å². The number of nitrogens with zero attached hydrogens (tertiary/aromatic N) is 2. The van der Waals surface area contributed by atoms with E-state index < -0.39 is 25.9 Å². The van der Waals surface area contributed by atoms with Gasteiger partial charge in [0, 0.05) is 6.54 Å². The summed E-state index contributed by atoms with van der Waals surface area (Å²) in [5, 5.41) is 2.73. The Morgan fingerprint density at radius 1 is 1.14 bits per heavy atom. The summed E-state index contributed by atoms with van der Waals surface area (Å²) in [6.45, 7) is 12.8. The molecule has 0 atom stereocenters. The highest BCUT2D eigenvalue weighted by Crippen LogP contribution is 2.36. The van der Waals surface area contributed by atoms with Crippen LogP contribution in [0, 0.1) is 18.6 Å². The average molecular weight is 408 g/mol. The topological polar surface area (TPSA) is 64.1 Å². The van der Waals surface area contributed by atoms with Gasteiger partial charge in [-0.2, -0.15) is 0 Å². The normalized spacial score (nSPS) is 12.1. The van der Waals surface area contributed by atoms with E-state index in [9.17, 15) is 13.6 Å². The molecule has 2 aromatic rings. The van der Waals surface area contributed by atoms with Crippen LogP contribution in [-0.4, -0.2) is 24.2 Å². The van der Waals surface area contributed by atoms with Crippen molar-refractivity contribution in [1.82, 2.24) is 15.3 Å². The first-order valence-corrected chi connectivity index (χ1v) is 12.0. The molecule has 0 bridgehead atoms. The number of aromatic nitrogens is 2. The van der Waals surface area contributed by atoms with Crippen molar-refractivity contribution < 1.29 is 18.0 Å². The zero-order valence-electron chi connectivity index (χ0n) is 17.2. The fraction of sp³-hybridized carbons (Fsp3) is 0.450. The number of rotatable bonds is 6. The first-order chi connectivity index (χ1) is 12.9. The first kappa shape index (κ1) is 22.1. The summed E-state index contributed by atoms with van der Waals surface area (Å²) in [6.07, 6.45) is 0. The van der Waals surface area contributed by atoms with Crippen LogP contribution >= 0.6 is 0 Å². The molecule has 1 amide bonds. The molecule has 0 unspecified atom stereocenters. The molecule has 0 radical (unpaired) electrons. The molecule has 1 aromatic carbocycles. The van der Waals surface area contributed by atoms with Crippen LogP contribution in [0.4, 0.5) is 8.78 Å². The molecule has 5 nitrogen and oxygen atoms in total. The molecule has 1 heterocycles. The fourth-order valence-electron chi connectivity index (χ4n) is 2.21. The van der Waals surface area contributed by atoms with Crippen LogP contribution < -0.4 is 5.32 Å². The molecule has 28 heavy (non-hydrogen) atoms. The van der Waals surface area contributed by atoms with E-state index in [2.05, 4.69) is 49.1 Å². The van der Waals surface area contributed by atoms with Gasteiger partial charge in [-0.25, -0.2) is 18.7 Å². The number of hydrogen-bond donors (Lipinski definition) is 1. The molecule has 1 aromatic heterocycles. The van der Waals surface area contributed by atoms with Crippen LogP contribution in [0.5, 0.6) is 0 Å². The number of benzene rings is 1. The molecule has 0 aliphatic carbocycles. The van der Waals surface area contributed by atoms with Crippen molar-refractivity contribution in [3.05, 3.63) is 58.7 Å². The number of aryl methyl sites for hydroxylation is 1. The molecule has 0 aliphatic rings. The van der Waals surface area contributed by atoms with Crippen molar-refractivity contribution in [1.29, 1.82) is 0 Å². The summed E-state index contributed by atoms with van der Waals surface area (Å²) in [5.41, 5.74) is 1.30. The largest absolute Gasteiger partial charge is 0.411 e. The monoisotopic (exact) mass is 407 g/mol. The highest BCUT2D eigenvalue weighted by molar-refractivity contribution is 6.74. The standard InChI is InChI=1S/C20H27F2N3O2Si/c1-13-24-15(12-27-28(5,6)20(2,3)4)10-18(25-13)19(26)23-11-14-7-8-16(21)17(22)9-14/h7-10H,11-12H2,1-6H3,(H,23,26). The van der Waals surface area contributed by atoms with Crippen LogP contribution in [0.1, 0.15) is 48.3 Å². The third-order valence-corrected chi connectivity index (χ3v) is 9.43. The van der Waals surface area contributed by atoms with E-state index in [0.29, 0.717) is 23.7 Å². The van der Waals surface area contributed by atoms with Gasteiger partial charge in [0.1, 0.15) is 11.5 Å². The van der Waals surface area contributed by atoms with Crippen LogP contribution in [0.15, 0.2) is 24.3 Å². The minimum atomic E-state index is -1.95. The van der Waals surface area contributed by atoms with Gasteiger partial charge in [0.15, 0.2) is 20.0 Å². The Bertz CT molecular complexity index is 867. The van der Waals surface area contributed by atoms with Gasteiger partial charge >= 0.3 is 0 Å². The lowest BCUT2D eigenvalue weighted by Crippen LogP contribution is -2.40. The Morgan fingerprint density at radius 2 is 1.82 bits per heavy atom. The van der Waals surface area contributed by atoms with Gasteiger partial charge in [0.2, 0.25) is 0 Å². The summed E-state index contributed by atoms with van der Waals surface area (Å²) in [4.78, 5) is 21.0. The number of nitrogens with one attached hydrogen (secondary N) is 1. The Morgan fingerprint density at radius 3 is 2.43 bits per heavy atom. The maximum Gasteiger partial charge on any atom is 0.270 e. The highest BCUT2D eigenvalue weighted by atomic mass is 28.4. The van der Waals surface area contributed by atoms with Crippen molar-refractivity contribution in [3.63, 3.8) is 0 Å². The predicted molar refractivity (Wildman–Crippen MR) is 106 cm³/mol. The zero-order chi connectivity index (χ0) is 21.1. The van der Waals surface area contributed by atoms with Gasteiger partial charge < -0.3 is 9.74 Å². The summed E-state index contributed by atoms with van der Waals surface area (Å²) in [5.74, 6) is -1.82. The molecule has 0 spiro atoms. The molecule has 0 saturated heterocycles. The van der Waals surface area contributed by atoms with Crippen LogP contribution in [0.3, 0.4) is 0 Å². The predicted octanol–water partition coefficient (Wildman–Crippen LogP) is 4.52. The third kappa shape index (κ3) is 5.65. The highest BCUT2D eigenvalue weighted by Gasteiger charge is 2.37. The molecular weight excluding hydrogens is 380 g/mol. The average Bonchev–Trinajstić information content (AvgIpc) is 2.59. The Balaban J connectivity index is 2.07. The van der Waals surface area contributed by atoms with Crippen molar-refractivity contribution in [2.75, 3.05) is 0 Å². The van der Waals surface area contributed by atoms with Gasteiger partial charge in [-0.1, -0.05) is 26.8 Å². The van der Waals surface area contributed by atoms with E-state index >= 15 is 0 Å². The zero-order valence-corrected chi connectivity index (χ0v) is 18.2. The summed E-state index contributed by atoms with van der Waals surface area (Å²) < 4.78 is 32.4. The Hall–Kier alpha value is -2.19. The third-order valence-electron chi connectivity index (χ3n) is 4.95. The summed E-state index contributed by atoms with van der Waals surface area (Å²) >= 11 is 0. The molecular formula is C20H27F2N3O2Si. The smallest absolute Gasteiger partial charge is 0.270 e. The van der Waals surface area contributed by atoms with E-state index in [-0.39, 0.29) is 17.3 Å².